The minimum atomic E-state index is -1.48. The second-order valence-corrected chi connectivity index (χ2v) is 9.26. The number of hydrogen-bond donors (Lipinski definition) is 1. The zero-order valence-corrected chi connectivity index (χ0v) is 19.5. The number of halogens is 5. The Bertz CT molecular complexity index is 1140. The van der Waals surface area contributed by atoms with Gasteiger partial charge in [-0.2, -0.15) is 0 Å². The fourth-order valence-electron chi connectivity index (χ4n) is 3.75. The Kier molecular flexibility index (Phi) is 7.80. The van der Waals surface area contributed by atoms with Crippen molar-refractivity contribution in [3.05, 3.63) is 81.9 Å². The predicted molar refractivity (Wildman–Crippen MR) is 120 cm³/mol. The molecule has 3 rings (SSSR count). The van der Waals surface area contributed by atoms with Crippen LogP contribution in [0, 0.1) is 29.1 Å². The number of benzene rings is 2. The number of hydrogen-bond acceptors (Lipinski definition) is 3. The van der Waals surface area contributed by atoms with Gasteiger partial charge in [0, 0.05) is 28.8 Å². The molecule has 8 heteroatoms. The van der Waals surface area contributed by atoms with E-state index in [9.17, 15) is 27.1 Å². The van der Waals surface area contributed by atoms with Crippen LogP contribution < -0.4 is 0 Å². The highest BCUT2D eigenvalue weighted by molar-refractivity contribution is 7.98. The molecule has 0 atom stereocenters. The lowest BCUT2D eigenvalue weighted by Gasteiger charge is -2.24. The lowest BCUT2D eigenvalue weighted by atomic mass is 9.88. The molecule has 0 amide bonds. The molecule has 0 bridgehead atoms. The summed E-state index contributed by atoms with van der Waals surface area (Å²) in [6.07, 6.45) is 0. The van der Waals surface area contributed by atoms with Crippen LogP contribution in [-0.4, -0.2) is 10.1 Å². The first-order valence-electron chi connectivity index (χ1n) is 10.4. The predicted octanol–water partition coefficient (Wildman–Crippen LogP) is 7.48. The Morgan fingerprint density at radius 1 is 0.818 bits per heavy atom. The normalized spacial score (nSPS) is 11.6. The van der Waals surface area contributed by atoms with Crippen molar-refractivity contribution < 1.29 is 27.1 Å². The Hall–Kier alpha value is -2.45. The van der Waals surface area contributed by atoms with E-state index in [-0.39, 0.29) is 30.3 Å². The van der Waals surface area contributed by atoms with Crippen LogP contribution in [0.3, 0.4) is 0 Å². The summed E-state index contributed by atoms with van der Waals surface area (Å²) in [4.78, 5) is 3.98. The second-order valence-electron chi connectivity index (χ2n) is 8.27. The highest BCUT2D eigenvalue weighted by Gasteiger charge is 2.25. The van der Waals surface area contributed by atoms with Crippen molar-refractivity contribution in [3.63, 3.8) is 0 Å². The fourth-order valence-corrected chi connectivity index (χ4v) is 4.78. The van der Waals surface area contributed by atoms with Crippen molar-refractivity contribution in [3.8, 4) is 11.1 Å². The fraction of sp³-hybridized carbons (Fsp3) is 0.320. The highest BCUT2D eigenvalue weighted by atomic mass is 32.2. The van der Waals surface area contributed by atoms with Gasteiger partial charge in [0.2, 0.25) is 0 Å². The maximum absolute atomic E-state index is 14.3. The van der Waals surface area contributed by atoms with Crippen LogP contribution in [0.5, 0.6) is 0 Å². The number of pyridine rings is 1. The standard InChI is InChI=1S/C25H24F5NOS/c1-12(2)23-16(10-32)20(14-5-7-15(26)8-6-14)17(24(31-23)13(3)4)11-33-25-21(29)18(27)9-19(28)22(25)30/h5-9,12-13,32H,10-11H2,1-4H3. The number of nitrogens with zero attached hydrogens (tertiary/aromatic N) is 1. The van der Waals surface area contributed by atoms with E-state index >= 15 is 0 Å². The molecule has 0 spiro atoms. The topological polar surface area (TPSA) is 33.1 Å². The van der Waals surface area contributed by atoms with E-state index in [1.807, 2.05) is 27.7 Å². The van der Waals surface area contributed by atoms with Gasteiger partial charge in [0.15, 0.2) is 23.3 Å². The van der Waals surface area contributed by atoms with E-state index in [1.165, 1.54) is 12.1 Å². The van der Waals surface area contributed by atoms with Crippen molar-refractivity contribution in [1.29, 1.82) is 0 Å². The van der Waals surface area contributed by atoms with Crippen molar-refractivity contribution in [2.45, 2.75) is 56.8 Å². The highest BCUT2D eigenvalue weighted by Crippen LogP contribution is 2.40. The molecular formula is C25H24F5NOS. The van der Waals surface area contributed by atoms with E-state index in [2.05, 4.69) is 0 Å². The number of aliphatic hydroxyl groups excluding tert-OH is 1. The van der Waals surface area contributed by atoms with E-state index < -0.39 is 34.0 Å². The average Bonchev–Trinajstić information content (AvgIpc) is 2.77. The van der Waals surface area contributed by atoms with Crippen LogP contribution in [0.15, 0.2) is 35.2 Å². The molecule has 0 saturated heterocycles. The van der Waals surface area contributed by atoms with Gasteiger partial charge >= 0.3 is 0 Å². The van der Waals surface area contributed by atoms with Crippen LogP contribution in [0.4, 0.5) is 22.0 Å². The minimum Gasteiger partial charge on any atom is -0.392 e. The quantitative estimate of drug-likeness (QED) is 0.216. The smallest absolute Gasteiger partial charge is 0.175 e. The summed E-state index contributed by atoms with van der Waals surface area (Å²) in [5, 5.41) is 10.2. The first kappa shape index (κ1) is 25.2. The second kappa shape index (κ2) is 10.2. The monoisotopic (exact) mass is 481 g/mol. The van der Waals surface area contributed by atoms with Crippen molar-refractivity contribution in [1.82, 2.24) is 4.98 Å². The lowest BCUT2D eigenvalue weighted by Crippen LogP contribution is -2.12. The average molecular weight is 482 g/mol. The SMILES string of the molecule is CC(C)c1nc(C(C)C)c(CSc2c(F)c(F)cc(F)c2F)c(-c2ccc(F)cc2)c1CO. The summed E-state index contributed by atoms with van der Waals surface area (Å²) in [5.41, 5.74) is 3.52. The first-order chi connectivity index (χ1) is 15.6. The molecule has 2 nitrogen and oxygen atoms in total. The molecule has 1 N–H and O–H groups in total. The third-order valence-electron chi connectivity index (χ3n) is 5.28. The van der Waals surface area contributed by atoms with Crippen molar-refractivity contribution in [2.24, 2.45) is 0 Å². The summed E-state index contributed by atoms with van der Waals surface area (Å²) >= 11 is 0.606. The largest absolute Gasteiger partial charge is 0.392 e. The maximum atomic E-state index is 14.3. The van der Waals surface area contributed by atoms with Gasteiger partial charge in [0.25, 0.3) is 0 Å². The Balaban J connectivity index is 2.26. The van der Waals surface area contributed by atoms with Gasteiger partial charge in [-0.25, -0.2) is 22.0 Å². The summed E-state index contributed by atoms with van der Waals surface area (Å²) in [6.45, 7) is 7.29. The van der Waals surface area contributed by atoms with E-state index in [4.69, 9.17) is 4.98 Å². The number of aromatic nitrogens is 1. The van der Waals surface area contributed by atoms with Crippen LogP contribution in [0.1, 0.15) is 62.0 Å². The number of aliphatic hydroxyl groups is 1. The molecule has 0 aliphatic rings. The number of thioether (sulfide) groups is 1. The minimum absolute atomic E-state index is 0.0437. The molecule has 33 heavy (non-hydrogen) atoms. The van der Waals surface area contributed by atoms with Gasteiger partial charge < -0.3 is 5.11 Å². The van der Waals surface area contributed by atoms with Crippen molar-refractivity contribution >= 4 is 11.8 Å². The molecule has 1 heterocycles. The molecule has 1 aromatic heterocycles. The molecule has 0 aliphatic heterocycles. The summed E-state index contributed by atoms with van der Waals surface area (Å²) in [5.74, 6) is -6.57. The summed E-state index contributed by atoms with van der Waals surface area (Å²) < 4.78 is 69.6. The van der Waals surface area contributed by atoms with Crippen LogP contribution >= 0.6 is 11.8 Å². The molecule has 0 aliphatic carbocycles. The van der Waals surface area contributed by atoms with Crippen LogP contribution in [0.25, 0.3) is 11.1 Å². The van der Waals surface area contributed by atoms with Gasteiger partial charge in [-0.3, -0.25) is 4.98 Å². The van der Waals surface area contributed by atoms with Gasteiger partial charge in [0.05, 0.1) is 11.5 Å². The molecule has 0 unspecified atom stereocenters. The molecule has 0 saturated carbocycles. The summed E-state index contributed by atoms with van der Waals surface area (Å²) in [7, 11) is 0. The zero-order chi connectivity index (χ0) is 24.4. The molecular weight excluding hydrogens is 457 g/mol. The molecule has 2 aromatic carbocycles. The molecule has 0 fully saturated rings. The van der Waals surface area contributed by atoms with E-state index in [0.717, 1.165) is 0 Å². The Morgan fingerprint density at radius 3 is 1.82 bits per heavy atom. The molecule has 176 valence electrons. The van der Waals surface area contributed by atoms with E-state index in [0.29, 0.717) is 45.4 Å². The van der Waals surface area contributed by atoms with Gasteiger partial charge in [-0.05, 0) is 40.7 Å². The Morgan fingerprint density at radius 2 is 1.33 bits per heavy atom. The van der Waals surface area contributed by atoms with Gasteiger partial charge in [-0.15, -0.1) is 11.8 Å². The Labute approximate surface area is 193 Å². The van der Waals surface area contributed by atoms with Gasteiger partial charge in [0.1, 0.15) is 5.82 Å². The first-order valence-corrected chi connectivity index (χ1v) is 11.4. The van der Waals surface area contributed by atoms with Gasteiger partial charge in [-0.1, -0.05) is 39.8 Å². The maximum Gasteiger partial charge on any atom is 0.175 e. The third kappa shape index (κ3) is 5.06. The van der Waals surface area contributed by atoms with Crippen molar-refractivity contribution in [2.75, 3.05) is 0 Å². The van der Waals surface area contributed by atoms with Crippen LogP contribution in [-0.2, 0) is 12.4 Å². The molecule has 0 radical (unpaired) electrons. The zero-order valence-electron chi connectivity index (χ0n) is 18.6. The summed E-state index contributed by atoms with van der Waals surface area (Å²) in [6, 6.07) is 5.82. The third-order valence-corrected chi connectivity index (χ3v) is 6.36. The lowest BCUT2D eigenvalue weighted by molar-refractivity contribution is 0.279. The van der Waals surface area contributed by atoms with E-state index in [1.54, 1.807) is 12.1 Å². The van der Waals surface area contributed by atoms with Crippen LogP contribution in [0.2, 0.25) is 0 Å². The number of rotatable bonds is 7. The molecule has 3 aromatic rings.